The third-order valence-corrected chi connectivity index (χ3v) is 13.5. The largest absolute Gasteiger partial charge is 0.396 e. The summed E-state index contributed by atoms with van der Waals surface area (Å²) in [6.07, 6.45) is 4.21. The van der Waals surface area contributed by atoms with Crippen LogP contribution in [0.15, 0.2) is 11.6 Å². The molecule has 0 aromatic heterocycles. The SMILES string of the molecule is CC1(C)C[C@H]2C3=CC[C@@H]4[C@@]5(C)CC[C@H](O)[C@@](C)(CO)[C@@H]5CC[C@@]4(C)[C@]3(C)C[C@@H](O)[C@@]2(CO)[C@@H](O)[C@@H]1O. The molecule has 12 atom stereocenters. The zero-order valence-electron chi connectivity index (χ0n) is 23.2. The molecule has 5 aliphatic carbocycles. The van der Waals surface area contributed by atoms with Crippen LogP contribution in [-0.4, -0.2) is 68.3 Å². The Balaban J connectivity index is 1.63. The molecule has 0 aromatic rings. The first-order valence-corrected chi connectivity index (χ1v) is 14.2. The molecule has 36 heavy (non-hydrogen) atoms. The predicted octanol–water partition coefficient (Wildman–Crippen LogP) is 3.03. The molecule has 6 N–H and O–H groups in total. The maximum absolute atomic E-state index is 11.8. The van der Waals surface area contributed by atoms with Crippen LogP contribution in [0.4, 0.5) is 0 Å². The first-order chi connectivity index (χ1) is 16.6. The molecule has 0 amide bonds. The maximum atomic E-state index is 11.8. The summed E-state index contributed by atoms with van der Waals surface area (Å²) in [4.78, 5) is 0. The second kappa shape index (κ2) is 8.02. The Bertz CT molecular complexity index is 932. The number of hydrogen-bond acceptors (Lipinski definition) is 6. The Kier molecular flexibility index (Phi) is 6.03. The normalized spacial score (nSPS) is 58.1. The van der Waals surface area contributed by atoms with Gasteiger partial charge in [0.15, 0.2) is 0 Å². The zero-order chi connectivity index (χ0) is 26.7. The van der Waals surface area contributed by atoms with Gasteiger partial charge in [-0.05, 0) is 84.4 Å². The lowest BCUT2D eigenvalue weighted by atomic mass is 9.33. The Morgan fingerprint density at radius 1 is 0.778 bits per heavy atom. The molecule has 0 spiro atoms. The molecular weight excluding hydrogens is 456 g/mol. The van der Waals surface area contributed by atoms with Gasteiger partial charge in [0.25, 0.3) is 0 Å². The van der Waals surface area contributed by atoms with Crippen molar-refractivity contribution in [3.8, 4) is 0 Å². The minimum atomic E-state index is -1.19. The van der Waals surface area contributed by atoms with Gasteiger partial charge in [0.1, 0.15) is 0 Å². The van der Waals surface area contributed by atoms with Crippen LogP contribution in [0.25, 0.3) is 0 Å². The van der Waals surface area contributed by atoms with E-state index < -0.39 is 40.7 Å². The quantitative estimate of drug-likeness (QED) is 0.320. The molecule has 0 aromatic carbocycles. The van der Waals surface area contributed by atoms with Gasteiger partial charge in [0.05, 0.1) is 43.0 Å². The van der Waals surface area contributed by atoms with Crippen molar-refractivity contribution in [3.63, 3.8) is 0 Å². The summed E-state index contributed by atoms with van der Waals surface area (Å²) in [6.45, 7) is 12.7. The number of rotatable bonds is 2. The molecular formula is C30H50O6. The van der Waals surface area contributed by atoms with Crippen molar-refractivity contribution in [2.75, 3.05) is 13.2 Å². The fourth-order valence-electron chi connectivity index (χ4n) is 10.9. The Hall–Kier alpha value is -0.500. The molecule has 206 valence electrons. The van der Waals surface area contributed by atoms with E-state index in [2.05, 4.69) is 33.8 Å². The van der Waals surface area contributed by atoms with E-state index in [1.54, 1.807) is 0 Å². The lowest BCUT2D eigenvalue weighted by molar-refractivity contribution is -0.259. The number of fused-ring (bicyclic) bond motifs is 7. The van der Waals surface area contributed by atoms with E-state index >= 15 is 0 Å². The number of aliphatic hydroxyl groups excluding tert-OH is 6. The Morgan fingerprint density at radius 2 is 1.44 bits per heavy atom. The Labute approximate surface area is 216 Å². The molecule has 4 fully saturated rings. The van der Waals surface area contributed by atoms with Crippen molar-refractivity contribution in [1.29, 1.82) is 0 Å². The molecule has 4 saturated carbocycles. The van der Waals surface area contributed by atoms with Gasteiger partial charge in [-0.15, -0.1) is 0 Å². The predicted molar refractivity (Wildman–Crippen MR) is 138 cm³/mol. The van der Waals surface area contributed by atoms with Crippen LogP contribution >= 0.6 is 0 Å². The second-order valence-corrected chi connectivity index (χ2v) is 15.1. The fraction of sp³-hybridized carbons (Fsp3) is 0.933. The number of aliphatic hydroxyl groups is 6. The van der Waals surface area contributed by atoms with Crippen LogP contribution in [0.5, 0.6) is 0 Å². The molecule has 6 nitrogen and oxygen atoms in total. The van der Waals surface area contributed by atoms with Gasteiger partial charge < -0.3 is 30.6 Å². The van der Waals surface area contributed by atoms with Crippen molar-refractivity contribution >= 4 is 0 Å². The number of allylic oxidation sites excluding steroid dienone is 2. The standard InChI is InChI=1S/C30H50O6/c1-25(2)13-18-17-7-8-20-26(3)11-10-21(33)27(4,15-31)19(26)9-12-28(20,5)29(17,6)14-22(34)30(18,16-32)24(36)23(25)35/h7,18-24,31-36H,8-16H2,1-6H3/t18-,19+,20+,21-,22+,23-,24-,26-,27-,28+,29+,30-/m0/s1. The van der Waals surface area contributed by atoms with E-state index in [0.29, 0.717) is 25.2 Å². The molecule has 0 unspecified atom stereocenters. The van der Waals surface area contributed by atoms with Gasteiger partial charge in [0.2, 0.25) is 0 Å². The van der Waals surface area contributed by atoms with E-state index in [4.69, 9.17) is 0 Å². The third-order valence-electron chi connectivity index (χ3n) is 13.5. The van der Waals surface area contributed by atoms with Crippen LogP contribution in [0.3, 0.4) is 0 Å². The monoisotopic (exact) mass is 506 g/mol. The Morgan fingerprint density at radius 3 is 2.06 bits per heavy atom. The lowest BCUT2D eigenvalue weighted by Gasteiger charge is -2.72. The summed E-state index contributed by atoms with van der Waals surface area (Å²) in [6, 6.07) is 0. The molecule has 5 rings (SSSR count). The van der Waals surface area contributed by atoms with Crippen LogP contribution in [0.1, 0.15) is 86.5 Å². The van der Waals surface area contributed by atoms with Crippen molar-refractivity contribution in [3.05, 3.63) is 11.6 Å². The molecule has 0 aliphatic heterocycles. The van der Waals surface area contributed by atoms with Crippen molar-refractivity contribution in [2.45, 2.75) is 111 Å². The highest BCUT2D eigenvalue weighted by Gasteiger charge is 2.72. The second-order valence-electron chi connectivity index (χ2n) is 15.1. The van der Waals surface area contributed by atoms with Crippen LogP contribution in [0.2, 0.25) is 0 Å². The van der Waals surface area contributed by atoms with Gasteiger partial charge in [-0.2, -0.15) is 0 Å². The average Bonchev–Trinajstić information content (AvgIpc) is 2.81. The first kappa shape index (κ1) is 27.1. The summed E-state index contributed by atoms with van der Waals surface area (Å²) >= 11 is 0. The summed E-state index contributed by atoms with van der Waals surface area (Å²) < 4.78 is 0. The molecule has 5 aliphatic rings. The molecule has 0 radical (unpaired) electrons. The highest BCUT2D eigenvalue weighted by molar-refractivity contribution is 5.36. The van der Waals surface area contributed by atoms with E-state index in [-0.39, 0.29) is 41.3 Å². The number of hydrogen-bond donors (Lipinski definition) is 6. The summed E-state index contributed by atoms with van der Waals surface area (Å²) in [5.41, 5.74) is -1.40. The minimum absolute atomic E-state index is 0.00861. The first-order valence-electron chi connectivity index (χ1n) is 14.2. The third kappa shape index (κ3) is 2.95. The van der Waals surface area contributed by atoms with Crippen molar-refractivity contribution in [2.24, 2.45) is 50.2 Å². The molecule has 0 saturated heterocycles. The van der Waals surface area contributed by atoms with Crippen LogP contribution < -0.4 is 0 Å². The van der Waals surface area contributed by atoms with Gasteiger partial charge in [-0.1, -0.05) is 53.2 Å². The topological polar surface area (TPSA) is 121 Å². The van der Waals surface area contributed by atoms with Gasteiger partial charge in [-0.3, -0.25) is 0 Å². The smallest absolute Gasteiger partial charge is 0.0913 e. The van der Waals surface area contributed by atoms with E-state index in [0.717, 1.165) is 25.7 Å². The molecule has 0 heterocycles. The van der Waals surface area contributed by atoms with Crippen LogP contribution in [-0.2, 0) is 0 Å². The van der Waals surface area contributed by atoms with E-state index in [9.17, 15) is 30.6 Å². The van der Waals surface area contributed by atoms with E-state index in [1.807, 2.05) is 13.8 Å². The van der Waals surface area contributed by atoms with E-state index in [1.165, 1.54) is 5.57 Å². The van der Waals surface area contributed by atoms with Crippen LogP contribution in [0, 0.1) is 50.2 Å². The van der Waals surface area contributed by atoms with Crippen molar-refractivity contribution < 1.29 is 30.6 Å². The van der Waals surface area contributed by atoms with Gasteiger partial charge in [0, 0.05) is 5.41 Å². The lowest BCUT2D eigenvalue weighted by Crippen LogP contribution is -2.71. The van der Waals surface area contributed by atoms with Crippen molar-refractivity contribution in [1.82, 2.24) is 0 Å². The summed E-state index contributed by atoms with van der Waals surface area (Å²) in [7, 11) is 0. The maximum Gasteiger partial charge on any atom is 0.0913 e. The van der Waals surface area contributed by atoms with Gasteiger partial charge >= 0.3 is 0 Å². The fourth-order valence-corrected chi connectivity index (χ4v) is 10.9. The summed E-state index contributed by atoms with van der Waals surface area (Å²) in [5, 5.41) is 66.1. The zero-order valence-corrected chi connectivity index (χ0v) is 23.2. The minimum Gasteiger partial charge on any atom is -0.396 e. The summed E-state index contributed by atoms with van der Waals surface area (Å²) in [5.74, 6) is 0.367. The van der Waals surface area contributed by atoms with Gasteiger partial charge in [-0.25, -0.2) is 0 Å². The molecule has 6 heteroatoms. The average molecular weight is 507 g/mol. The highest BCUT2D eigenvalue weighted by Crippen LogP contribution is 2.75. The molecule has 0 bridgehead atoms. The highest BCUT2D eigenvalue weighted by atomic mass is 16.3.